The standard InChI is InChI=1S/C6H4BrF2IN2/c7-2-1-3(10)12-5(4(2)11)6(8)9/h1,6H,11H2. The molecule has 1 aromatic heterocycles. The topological polar surface area (TPSA) is 38.9 Å². The number of nitrogens with two attached hydrogens (primary N) is 1. The van der Waals surface area contributed by atoms with E-state index in [0.29, 0.717) is 8.17 Å². The Morgan fingerprint density at radius 3 is 2.67 bits per heavy atom. The summed E-state index contributed by atoms with van der Waals surface area (Å²) in [6, 6.07) is 1.59. The molecule has 12 heavy (non-hydrogen) atoms. The molecule has 0 aliphatic carbocycles. The highest BCUT2D eigenvalue weighted by molar-refractivity contribution is 14.1. The van der Waals surface area contributed by atoms with Crippen molar-refractivity contribution in [1.29, 1.82) is 0 Å². The van der Waals surface area contributed by atoms with Gasteiger partial charge in [0.15, 0.2) is 0 Å². The number of pyridine rings is 1. The third-order valence-electron chi connectivity index (χ3n) is 1.21. The first-order valence-corrected chi connectivity index (χ1v) is 4.79. The SMILES string of the molecule is Nc1c(Br)cc(I)nc1C(F)F. The largest absolute Gasteiger partial charge is 0.396 e. The molecule has 0 radical (unpaired) electrons. The Labute approximate surface area is 89.8 Å². The van der Waals surface area contributed by atoms with Crippen LogP contribution < -0.4 is 5.73 Å². The summed E-state index contributed by atoms with van der Waals surface area (Å²) in [6.45, 7) is 0. The fraction of sp³-hybridized carbons (Fsp3) is 0.167. The maximum Gasteiger partial charge on any atom is 0.282 e. The summed E-state index contributed by atoms with van der Waals surface area (Å²) >= 11 is 4.91. The van der Waals surface area contributed by atoms with Gasteiger partial charge in [0.2, 0.25) is 0 Å². The van der Waals surface area contributed by atoms with Crippen LogP contribution in [0.3, 0.4) is 0 Å². The van der Waals surface area contributed by atoms with Gasteiger partial charge in [-0.2, -0.15) is 0 Å². The summed E-state index contributed by atoms with van der Waals surface area (Å²) in [5.41, 5.74) is 5.00. The fourth-order valence-electron chi connectivity index (χ4n) is 0.679. The second kappa shape index (κ2) is 3.82. The molecule has 2 N–H and O–H groups in total. The van der Waals surface area contributed by atoms with E-state index in [0.717, 1.165) is 0 Å². The van der Waals surface area contributed by atoms with Crippen LogP contribution >= 0.6 is 38.5 Å². The lowest BCUT2D eigenvalue weighted by atomic mass is 10.3. The maximum atomic E-state index is 12.2. The van der Waals surface area contributed by atoms with Gasteiger partial charge in [-0.05, 0) is 44.6 Å². The molecule has 0 unspecified atom stereocenters. The Bertz CT molecular complexity index is 306. The van der Waals surface area contributed by atoms with Gasteiger partial charge in [-0.1, -0.05) is 0 Å². The number of nitrogen functional groups attached to an aromatic ring is 1. The van der Waals surface area contributed by atoms with E-state index in [4.69, 9.17) is 5.73 Å². The van der Waals surface area contributed by atoms with Crippen LogP contribution in [0.1, 0.15) is 12.1 Å². The zero-order valence-electron chi connectivity index (χ0n) is 5.69. The first-order chi connectivity index (χ1) is 5.52. The molecule has 0 saturated heterocycles. The van der Waals surface area contributed by atoms with Gasteiger partial charge >= 0.3 is 0 Å². The van der Waals surface area contributed by atoms with E-state index in [1.54, 1.807) is 6.07 Å². The minimum atomic E-state index is -2.63. The monoisotopic (exact) mass is 348 g/mol. The van der Waals surface area contributed by atoms with Crippen LogP contribution in [0.15, 0.2) is 10.5 Å². The summed E-state index contributed by atoms with van der Waals surface area (Å²) in [6.07, 6.45) is -2.63. The third-order valence-corrected chi connectivity index (χ3v) is 2.42. The summed E-state index contributed by atoms with van der Waals surface area (Å²) in [7, 11) is 0. The van der Waals surface area contributed by atoms with E-state index in [2.05, 4.69) is 20.9 Å². The highest BCUT2D eigenvalue weighted by Crippen LogP contribution is 2.30. The molecular formula is C6H4BrF2IN2. The molecule has 1 rings (SSSR count). The van der Waals surface area contributed by atoms with Gasteiger partial charge in [0, 0.05) is 4.47 Å². The summed E-state index contributed by atoms with van der Waals surface area (Å²) in [5.74, 6) is 0. The second-order valence-electron chi connectivity index (χ2n) is 2.03. The Kier molecular flexibility index (Phi) is 3.22. The van der Waals surface area contributed by atoms with Gasteiger partial charge in [-0.25, -0.2) is 13.8 Å². The minimum Gasteiger partial charge on any atom is -0.396 e. The zero-order chi connectivity index (χ0) is 9.30. The first-order valence-electron chi connectivity index (χ1n) is 2.92. The molecule has 0 atom stereocenters. The summed E-state index contributed by atoms with van der Waals surface area (Å²) in [4.78, 5) is 3.61. The van der Waals surface area contributed by atoms with Gasteiger partial charge in [0.25, 0.3) is 6.43 Å². The van der Waals surface area contributed by atoms with Crippen molar-refractivity contribution < 1.29 is 8.78 Å². The molecule has 0 aliphatic rings. The van der Waals surface area contributed by atoms with Crippen LogP contribution in [-0.4, -0.2) is 4.98 Å². The molecule has 66 valence electrons. The van der Waals surface area contributed by atoms with Crippen LogP contribution in [0, 0.1) is 3.70 Å². The van der Waals surface area contributed by atoms with Crippen molar-refractivity contribution in [2.24, 2.45) is 0 Å². The molecule has 0 fully saturated rings. The number of nitrogens with zero attached hydrogens (tertiary/aromatic N) is 1. The van der Waals surface area contributed by atoms with Crippen molar-refractivity contribution in [2.75, 3.05) is 5.73 Å². The van der Waals surface area contributed by atoms with Gasteiger partial charge in [-0.15, -0.1) is 0 Å². The lowest BCUT2D eigenvalue weighted by Crippen LogP contribution is -2.00. The minimum absolute atomic E-state index is 0.00501. The first kappa shape index (κ1) is 10.1. The maximum absolute atomic E-state index is 12.2. The number of anilines is 1. The second-order valence-corrected chi connectivity index (χ2v) is 3.99. The van der Waals surface area contributed by atoms with Gasteiger partial charge in [-0.3, -0.25) is 0 Å². The lowest BCUT2D eigenvalue weighted by Gasteiger charge is -2.05. The molecule has 6 heteroatoms. The number of hydrogen-bond acceptors (Lipinski definition) is 2. The highest BCUT2D eigenvalue weighted by atomic mass is 127. The molecule has 0 amide bonds. The van der Waals surface area contributed by atoms with E-state index in [9.17, 15) is 8.78 Å². The van der Waals surface area contributed by atoms with Gasteiger partial charge in [0.1, 0.15) is 9.39 Å². The molecular weight excluding hydrogens is 345 g/mol. The number of aromatic nitrogens is 1. The van der Waals surface area contributed by atoms with Crippen molar-refractivity contribution in [3.05, 3.63) is 19.9 Å². The van der Waals surface area contributed by atoms with Gasteiger partial charge in [0.05, 0.1) is 5.69 Å². The Balaban J connectivity index is 3.28. The average Bonchev–Trinajstić information content (AvgIpc) is 1.96. The summed E-state index contributed by atoms with van der Waals surface area (Å²) in [5, 5.41) is 0. The molecule has 0 spiro atoms. The molecule has 0 saturated carbocycles. The van der Waals surface area contributed by atoms with Crippen molar-refractivity contribution in [3.63, 3.8) is 0 Å². The van der Waals surface area contributed by atoms with Crippen molar-refractivity contribution in [3.8, 4) is 0 Å². The van der Waals surface area contributed by atoms with E-state index >= 15 is 0 Å². The van der Waals surface area contributed by atoms with Crippen LogP contribution in [0.5, 0.6) is 0 Å². The predicted octanol–water partition coefficient (Wildman–Crippen LogP) is 2.97. The lowest BCUT2D eigenvalue weighted by molar-refractivity contribution is 0.146. The molecule has 0 bridgehead atoms. The van der Waals surface area contributed by atoms with Crippen LogP contribution in [-0.2, 0) is 0 Å². The van der Waals surface area contributed by atoms with E-state index in [1.165, 1.54) is 0 Å². The Hall–Kier alpha value is 0.0200. The molecule has 1 aromatic rings. The molecule has 0 aromatic carbocycles. The quantitative estimate of drug-likeness (QED) is 0.626. The number of alkyl halides is 2. The molecule has 1 heterocycles. The summed E-state index contributed by atoms with van der Waals surface area (Å²) < 4.78 is 25.4. The Morgan fingerprint density at radius 2 is 2.17 bits per heavy atom. The number of rotatable bonds is 1. The van der Waals surface area contributed by atoms with Crippen molar-refractivity contribution in [1.82, 2.24) is 4.98 Å². The van der Waals surface area contributed by atoms with Crippen LogP contribution in [0.2, 0.25) is 0 Å². The molecule has 0 aliphatic heterocycles. The highest BCUT2D eigenvalue weighted by Gasteiger charge is 2.15. The molecule has 2 nitrogen and oxygen atoms in total. The van der Waals surface area contributed by atoms with Crippen molar-refractivity contribution in [2.45, 2.75) is 6.43 Å². The zero-order valence-corrected chi connectivity index (χ0v) is 9.43. The third kappa shape index (κ3) is 2.03. The van der Waals surface area contributed by atoms with Crippen LogP contribution in [0.4, 0.5) is 14.5 Å². The van der Waals surface area contributed by atoms with E-state index in [1.807, 2.05) is 22.6 Å². The normalized spacial score (nSPS) is 10.8. The van der Waals surface area contributed by atoms with Crippen molar-refractivity contribution >= 4 is 44.2 Å². The fourth-order valence-corrected chi connectivity index (χ4v) is 2.10. The Morgan fingerprint density at radius 1 is 1.58 bits per heavy atom. The predicted molar refractivity (Wildman–Crippen MR) is 54.0 cm³/mol. The van der Waals surface area contributed by atoms with Gasteiger partial charge < -0.3 is 5.73 Å². The smallest absolute Gasteiger partial charge is 0.282 e. The number of halogens is 4. The van der Waals surface area contributed by atoms with E-state index < -0.39 is 6.43 Å². The number of hydrogen-bond donors (Lipinski definition) is 1. The van der Waals surface area contributed by atoms with E-state index in [-0.39, 0.29) is 11.4 Å². The van der Waals surface area contributed by atoms with Crippen LogP contribution in [0.25, 0.3) is 0 Å². The average molecular weight is 349 g/mol.